The van der Waals surface area contributed by atoms with E-state index in [9.17, 15) is 18.0 Å². The van der Waals surface area contributed by atoms with Crippen molar-refractivity contribution in [3.63, 3.8) is 0 Å². The van der Waals surface area contributed by atoms with Crippen LogP contribution in [0.2, 0.25) is 0 Å². The highest BCUT2D eigenvalue weighted by Crippen LogP contribution is 2.37. The van der Waals surface area contributed by atoms with Gasteiger partial charge in [-0.05, 0) is 25.1 Å². The molecular formula is C18H20F3N5O2. The molecule has 2 heterocycles. The smallest absolute Gasteiger partial charge is 0.328 e. The van der Waals surface area contributed by atoms with E-state index in [-0.39, 0.29) is 5.82 Å². The molecule has 0 fully saturated rings. The van der Waals surface area contributed by atoms with Crippen molar-refractivity contribution >= 4 is 11.8 Å². The van der Waals surface area contributed by atoms with Gasteiger partial charge < -0.3 is 10.6 Å². The average molecular weight is 395 g/mol. The zero-order valence-electron chi connectivity index (χ0n) is 15.3. The van der Waals surface area contributed by atoms with Gasteiger partial charge in [0.05, 0.1) is 11.9 Å². The van der Waals surface area contributed by atoms with Crippen LogP contribution in [0.3, 0.4) is 0 Å². The molecule has 2 aromatic rings. The maximum absolute atomic E-state index is 12.7. The molecule has 0 spiro atoms. The summed E-state index contributed by atoms with van der Waals surface area (Å²) in [6, 6.07) is 10.9. The fourth-order valence-corrected chi connectivity index (χ4v) is 2.99. The first-order chi connectivity index (χ1) is 13.1. The highest BCUT2D eigenvalue weighted by atomic mass is 19.4. The summed E-state index contributed by atoms with van der Waals surface area (Å²) >= 11 is 0. The van der Waals surface area contributed by atoms with E-state index in [1.807, 2.05) is 37.3 Å². The van der Waals surface area contributed by atoms with Crippen molar-refractivity contribution < 1.29 is 22.8 Å². The van der Waals surface area contributed by atoms with E-state index >= 15 is 0 Å². The minimum Gasteiger partial charge on any atom is -0.328 e. The number of anilines is 1. The number of fused-ring (bicyclic) bond motifs is 1. The van der Waals surface area contributed by atoms with Gasteiger partial charge in [0.2, 0.25) is 0 Å². The fourth-order valence-electron chi connectivity index (χ4n) is 2.99. The summed E-state index contributed by atoms with van der Waals surface area (Å²) in [6.07, 6.45) is -6.52. The molecule has 1 aromatic heterocycles. The van der Waals surface area contributed by atoms with E-state index in [1.54, 1.807) is 6.07 Å². The van der Waals surface area contributed by atoms with Crippen molar-refractivity contribution in [2.24, 2.45) is 11.5 Å². The molecular weight excluding hydrogens is 375 g/mol. The van der Waals surface area contributed by atoms with Gasteiger partial charge in [-0.3, -0.25) is 10.6 Å². The van der Waals surface area contributed by atoms with Gasteiger partial charge in [0.25, 0.3) is 0 Å². The standard InChI is InChI=1S/C18H20F3N5O2/c1-3-10-9-12-14(22)25(2)17(23)26(28-16(27)18(19,20)21)15(12)24-13(10)11-7-5-4-6-8-11/h4-9,14,17H,3,22-23H2,1-2H3. The highest BCUT2D eigenvalue weighted by molar-refractivity contribution is 5.77. The number of aryl methyl sites for hydroxylation is 1. The lowest BCUT2D eigenvalue weighted by Gasteiger charge is -2.42. The summed E-state index contributed by atoms with van der Waals surface area (Å²) in [6.45, 7) is 1.93. The number of hydrogen-bond acceptors (Lipinski definition) is 7. The maximum atomic E-state index is 12.7. The van der Waals surface area contributed by atoms with E-state index < -0.39 is 24.6 Å². The fraction of sp³-hybridized carbons (Fsp3) is 0.333. The minimum absolute atomic E-state index is 0.0215. The molecule has 0 amide bonds. The molecule has 2 unspecified atom stereocenters. The van der Waals surface area contributed by atoms with Gasteiger partial charge in [-0.25, -0.2) is 9.78 Å². The molecule has 10 heteroatoms. The molecule has 0 saturated heterocycles. The summed E-state index contributed by atoms with van der Waals surface area (Å²) < 4.78 is 38.2. The number of nitrogens with two attached hydrogens (primary N) is 2. The summed E-state index contributed by atoms with van der Waals surface area (Å²) in [5.74, 6) is -2.41. The molecule has 0 bridgehead atoms. The van der Waals surface area contributed by atoms with Gasteiger partial charge in [0.15, 0.2) is 12.1 Å². The predicted octanol–water partition coefficient (Wildman–Crippen LogP) is 2.28. The molecule has 2 atom stereocenters. The van der Waals surface area contributed by atoms with Crippen LogP contribution in [-0.2, 0) is 16.1 Å². The van der Waals surface area contributed by atoms with Gasteiger partial charge in [-0.1, -0.05) is 37.3 Å². The Bertz CT molecular complexity index is 876. The topological polar surface area (TPSA) is 97.7 Å². The van der Waals surface area contributed by atoms with Crippen molar-refractivity contribution in [1.29, 1.82) is 0 Å². The molecule has 3 rings (SSSR count). The molecule has 7 nitrogen and oxygen atoms in total. The van der Waals surface area contributed by atoms with Gasteiger partial charge in [0, 0.05) is 11.1 Å². The van der Waals surface area contributed by atoms with Crippen LogP contribution >= 0.6 is 0 Å². The van der Waals surface area contributed by atoms with Gasteiger partial charge in [-0.15, -0.1) is 0 Å². The third-order valence-electron chi connectivity index (χ3n) is 4.57. The zero-order valence-corrected chi connectivity index (χ0v) is 15.3. The van der Waals surface area contributed by atoms with Crippen molar-refractivity contribution in [2.75, 3.05) is 12.1 Å². The number of aromatic nitrogens is 1. The molecule has 0 aliphatic carbocycles. The van der Waals surface area contributed by atoms with E-state index in [4.69, 9.17) is 11.5 Å². The summed E-state index contributed by atoms with van der Waals surface area (Å²) in [7, 11) is 1.52. The Kier molecular flexibility index (Phi) is 5.28. The van der Waals surface area contributed by atoms with Crippen LogP contribution in [-0.4, -0.2) is 35.4 Å². The summed E-state index contributed by atoms with van der Waals surface area (Å²) in [5, 5.41) is 0.653. The normalized spacial score (nSPS) is 20.0. The molecule has 0 radical (unpaired) electrons. The number of halogens is 3. The molecule has 1 aliphatic rings. The number of rotatable bonds is 3. The van der Waals surface area contributed by atoms with E-state index in [2.05, 4.69) is 9.82 Å². The summed E-state index contributed by atoms with van der Waals surface area (Å²) in [5.41, 5.74) is 14.7. The Morgan fingerprint density at radius 1 is 1.25 bits per heavy atom. The van der Waals surface area contributed by atoms with Gasteiger partial charge in [0.1, 0.15) is 0 Å². The maximum Gasteiger partial charge on any atom is 0.493 e. The summed E-state index contributed by atoms with van der Waals surface area (Å²) in [4.78, 5) is 21.9. The Hall–Kier alpha value is -2.69. The van der Waals surface area contributed by atoms with E-state index in [0.717, 1.165) is 11.1 Å². The number of pyridine rings is 1. The number of carbonyl (C=O) groups is 1. The van der Waals surface area contributed by atoms with E-state index in [1.165, 1.54) is 11.9 Å². The lowest BCUT2D eigenvalue weighted by atomic mass is 9.99. The third kappa shape index (κ3) is 3.53. The number of hydrogen-bond donors (Lipinski definition) is 2. The molecule has 150 valence electrons. The minimum atomic E-state index is -5.18. The third-order valence-corrected chi connectivity index (χ3v) is 4.57. The number of carbonyl (C=O) groups excluding carboxylic acids is 1. The van der Waals surface area contributed by atoms with Crippen molar-refractivity contribution in [2.45, 2.75) is 32.0 Å². The largest absolute Gasteiger partial charge is 0.493 e. The van der Waals surface area contributed by atoms with E-state index in [0.29, 0.717) is 22.7 Å². The number of hydroxylamine groups is 1. The number of nitrogens with zero attached hydrogens (tertiary/aromatic N) is 3. The van der Waals surface area contributed by atoms with Crippen molar-refractivity contribution in [3.05, 3.63) is 47.5 Å². The quantitative estimate of drug-likeness (QED) is 0.823. The second-order valence-electron chi connectivity index (χ2n) is 6.35. The molecule has 1 aliphatic heterocycles. The van der Waals surface area contributed by atoms with Crippen LogP contribution < -0.4 is 16.5 Å². The van der Waals surface area contributed by atoms with Crippen molar-refractivity contribution in [1.82, 2.24) is 9.88 Å². The lowest BCUT2D eigenvalue weighted by molar-refractivity contribution is -0.204. The number of benzene rings is 1. The number of alkyl halides is 3. The van der Waals surface area contributed by atoms with Gasteiger partial charge in [-0.2, -0.15) is 18.2 Å². The Morgan fingerprint density at radius 3 is 2.46 bits per heavy atom. The predicted molar refractivity (Wildman–Crippen MR) is 96.3 cm³/mol. The Labute approximate surface area is 159 Å². The van der Waals surface area contributed by atoms with Crippen LogP contribution in [0.1, 0.15) is 24.2 Å². The first kappa shape index (κ1) is 20.1. The highest BCUT2D eigenvalue weighted by Gasteiger charge is 2.46. The van der Waals surface area contributed by atoms with Crippen LogP contribution in [0.15, 0.2) is 36.4 Å². The molecule has 28 heavy (non-hydrogen) atoms. The molecule has 0 saturated carbocycles. The SMILES string of the molecule is CCc1cc2c(nc1-c1ccccc1)N(OC(=O)C(F)(F)F)C(N)N(C)C2N. The second kappa shape index (κ2) is 7.38. The van der Waals surface area contributed by atoms with Crippen LogP contribution in [0.5, 0.6) is 0 Å². The second-order valence-corrected chi connectivity index (χ2v) is 6.35. The Morgan fingerprint density at radius 2 is 1.89 bits per heavy atom. The van der Waals surface area contributed by atoms with Gasteiger partial charge >= 0.3 is 12.1 Å². The molecule has 4 N–H and O–H groups in total. The van der Waals surface area contributed by atoms with Crippen molar-refractivity contribution in [3.8, 4) is 11.3 Å². The lowest BCUT2D eigenvalue weighted by Crippen LogP contribution is -2.60. The van der Waals surface area contributed by atoms with Crippen LogP contribution in [0, 0.1) is 0 Å². The Balaban J connectivity index is 2.16. The first-order valence-electron chi connectivity index (χ1n) is 8.55. The average Bonchev–Trinajstić information content (AvgIpc) is 2.68. The first-order valence-corrected chi connectivity index (χ1v) is 8.55. The monoisotopic (exact) mass is 395 g/mol. The van der Waals surface area contributed by atoms with Crippen LogP contribution in [0.4, 0.5) is 19.0 Å². The van der Waals surface area contributed by atoms with Crippen LogP contribution in [0.25, 0.3) is 11.3 Å². The molecule has 1 aromatic carbocycles. The zero-order chi connectivity index (χ0) is 20.6.